The molecule has 0 radical (unpaired) electrons. The van der Waals surface area contributed by atoms with Crippen LogP contribution in [0.25, 0.3) is 0 Å². The molecule has 7 heteroatoms. The van der Waals surface area contributed by atoms with Gasteiger partial charge in [0, 0.05) is 6.42 Å². The van der Waals surface area contributed by atoms with Crippen LogP contribution in [0.4, 0.5) is 4.79 Å². The van der Waals surface area contributed by atoms with Gasteiger partial charge in [-0.15, -0.1) is 0 Å². The van der Waals surface area contributed by atoms with Gasteiger partial charge in [-0.3, -0.25) is 9.63 Å². The molecule has 136 valence electrons. The van der Waals surface area contributed by atoms with Crippen molar-refractivity contribution in [3.05, 3.63) is 24.2 Å². The SMILES string of the molecule is CC(C)C(NC(=O)OC(C)(C)C)C(=O)NOCCCc1ccco1. The summed E-state index contributed by atoms with van der Waals surface area (Å²) in [5.41, 5.74) is 1.75. The van der Waals surface area contributed by atoms with Gasteiger partial charge in [0.25, 0.3) is 5.91 Å². The van der Waals surface area contributed by atoms with Crippen molar-refractivity contribution in [1.82, 2.24) is 10.8 Å². The molecule has 1 heterocycles. The van der Waals surface area contributed by atoms with Gasteiger partial charge in [-0.1, -0.05) is 13.8 Å². The van der Waals surface area contributed by atoms with E-state index in [4.69, 9.17) is 14.0 Å². The third kappa shape index (κ3) is 8.01. The first-order valence-corrected chi connectivity index (χ1v) is 8.12. The first kappa shape index (κ1) is 20.0. The molecule has 0 saturated carbocycles. The lowest BCUT2D eigenvalue weighted by molar-refractivity contribution is -0.137. The molecule has 0 aliphatic carbocycles. The number of aryl methyl sites for hydroxylation is 1. The quantitative estimate of drug-likeness (QED) is 0.561. The lowest BCUT2D eigenvalue weighted by Gasteiger charge is -2.25. The van der Waals surface area contributed by atoms with Crippen molar-refractivity contribution in [3.63, 3.8) is 0 Å². The van der Waals surface area contributed by atoms with Crippen LogP contribution in [0, 0.1) is 5.92 Å². The zero-order valence-electron chi connectivity index (χ0n) is 15.0. The number of carbonyl (C=O) groups excluding carboxylic acids is 2. The normalized spacial score (nSPS) is 12.8. The van der Waals surface area contributed by atoms with Crippen LogP contribution in [0.1, 0.15) is 46.8 Å². The van der Waals surface area contributed by atoms with E-state index >= 15 is 0 Å². The fraction of sp³-hybridized carbons (Fsp3) is 0.647. The third-order valence-corrected chi connectivity index (χ3v) is 3.04. The van der Waals surface area contributed by atoms with Gasteiger partial charge in [-0.2, -0.15) is 0 Å². The topological polar surface area (TPSA) is 89.8 Å². The number of furan rings is 1. The van der Waals surface area contributed by atoms with E-state index in [1.165, 1.54) is 0 Å². The van der Waals surface area contributed by atoms with Crippen molar-refractivity contribution in [2.45, 2.75) is 59.1 Å². The Balaban J connectivity index is 2.33. The van der Waals surface area contributed by atoms with E-state index in [-0.39, 0.29) is 5.92 Å². The molecule has 1 aromatic rings. The third-order valence-electron chi connectivity index (χ3n) is 3.04. The fourth-order valence-corrected chi connectivity index (χ4v) is 1.93. The van der Waals surface area contributed by atoms with Crippen molar-refractivity contribution in [3.8, 4) is 0 Å². The van der Waals surface area contributed by atoms with Crippen molar-refractivity contribution < 1.29 is 23.6 Å². The smallest absolute Gasteiger partial charge is 0.408 e. The molecule has 0 fully saturated rings. The Bertz CT molecular complexity index is 506. The average molecular weight is 340 g/mol. The monoisotopic (exact) mass is 340 g/mol. The highest BCUT2D eigenvalue weighted by Crippen LogP contribution is 2.09. The molecule has 1 unspecified atom stereocenters. The summed E-state index contributed by atoms with van der Waals surface area (Å²) in [6, 6.07) is 2.98. The molecular formula is C17H28N2O5. The minimum Gasteiger partial charge on any atom is -0.469 e. The number of hydrogen-bond acceptors (Lipinski definition) is 5. The number of amides is 2. The predicted molar refractivity (Wildman–Crippen MR) is 89.1 cm³/mol. The largest absolute Gasteiger partial charge is 0.469 e. The highest BCUT2D eigenvalue weighted by Gasteiger charge is 2.27. The summed E-state index contributed by atoms with van der Waals surface area (Å²) >= 11 is 0. The Morgan fingerprint density at radius 3 is 2.54 bits per heavy atom. The Labute approximate surface area is 143 Å². The Hall–Kier alpha value is -2.02. The summed E-state index contributed by atoms with van der Waals surface area (Å²) < 4.78 is 10.4. The summed E-state index contributed by atoms with van der Waals surface area (Å²) in [6.45, 7) is 9.30. The molecular weight excluding hydrogens is 312 g/mol. The van der Waals surface area contributed by atoms with E-state index in [1.54, 1.807) is 27.0 Å². The van der Waals surface area contributed by atoms with Crippen LogP contribution in [0.15, 0.2) is 22.8 Å². The summed E-state index contributed by atoms with van der Waals surface area (Å²) in [4.78, 5) is 29.1. The van der Waals surface area contributed by atoms with E-state index in [1.807, 2.05) is 26.0 Å². The summed E-state index contributed by atoms with van der Waals surface area (Å²) in [5, 5.41) is 2.57. The second-order valence-corrected chi connectivity index (χ2v) is 6.87. The maximum absolute atomic E-state index is 12.2. The van der Waals surface area contributed by atoms with Crippen LogP contribution >= 0.6 is 0 Å². The number of carbonyl (C=O) groups is 2. The van der Waals surface area contributed by atoms with E-state index < -0.39 is 23.6 Å². The molecule has 0 aliphatic rings. The molecule has 0 spiro atoms. The minimum absolute atomic E-state index is 0.107. The fourth-order valence-electron chi connectivity index (χ4n) is 1.93. The van der Waals surface area contributed by atoms with Crippen LogP contribution in [0.5, 0.6) is 0 Å². The van der Waals surface area contributed by atoms with E-state index in [2.05, 4.69) is 10.8 Å². The van der Waals surface area contributed by atoms with Crippen molar-refractivity contribution in [2.24, 2.45) is 5.92 Å². The molecule has 1 aromatic heterocycles. The second kappa shape index (κ2) is 9.32. The van der Waals surface area contributed by atoms with Crippen molar-refractivity contribution in [1.29, 1.82) is 0 Å². The molecule has 2 amide bonds. The molecule has 1 atom stereocenters. The summed E-state index contributed by atoms with van der Waals surface area (Å²) in [5.74, 6) is 0.356. The number of hydrogen-bond donors (Lipinski definition) is 2. The van der Waals surface area contributed by atoms with Gasteiger partial charge in [-0.05, 0) is 45.2 Å². The molecule has 0 aromatic carbocycles. The maximum Gasteiger partial charge on any atom is 0.408 e. The van der Waals surface area contributed by atoms with Crippen molar-refractivity contribution >= 4 is 12.0 Å². The van der Waals surface area contributed by atoms with Crippen LogP contribution < -0.4 is 10.8 Å². The summed E-state index contributed by atoms with van der Waals surface area (Å²) in [7, 11) is 0. The maximum atomic E-state index is 12.2. The van der Waals surface area contributed by atoms with Gasteiger partial charge >= 0.3 is 6.09 Å². The Kier molecular flexibility index (Phi) is 7.78. The molecule has 1 rings (SSSR count). The number of nitrogens with one attached hydrogen (secondary N) is 2. The molecule has 0 bridgehead atoms. The van der Waals surface area contributed by atoms with Gasteiger partial charge in [0.15, 0.2) is 0 Å². The average Bonchev–Trinajstić information content (AvgIpc) is 2.95. The standard InChI is InChI=1S/C17H28N2O5/c1-12(2)14(18-16(21)24-17(3,4)5)15(20)19-23-11-7-9-13-8-6-10-22-13/h6,8,10,12,14H,7,9,11H2,1-5H3,(H,18,21)(H,19,20). The van der Waals surface area contributed by atoms with Crippen LogP contribution in [0.3, 0.4) is 0 Å². The zero-order valence-corrected chi connectivity index (χ0v) is 15.0. The lowest BCUT2D eigenvalue weighted by atomic mass is 10.0. The van der Waals surface area contributed by atoms with Gasteiger partial charge < -0.3 is 14.5 Å². The minimum atomic E-state index is -0.732. The van der Waals surface area contributed by atoms with Crippen LogP contribution in [-0.4, -0.2) is 30.3 Å². The molecule has 0 saturated heterocycles. The Morgan fingerprint density at radius 2 is 2.00 bits per heavy atom. The van der Waals surface area contributed by atoms with E-state index in [0.717, 1.165) is 12.2 Å². The number of ether oxygens (including phenoxy) is 1. The van der Waals surface area contributed by atoms with Gasteiger partial charge in [0.1, 0.15) is 17.4 Å². The highest BCUT2D eigenvalue weighted by molar-refractivity contribution is 5.85. The predicted octanol–water partition coefficient (Wildman–Crippen LogP) is 2.81. The molecule has 24 heavy (non-hydrogen) atoms. The van der Waals surface area contributed by atoms with Crippen LogP contribution in [0.2, 0.25) is 0 Å². The molecule has 0 aliphatic heterocycles. The lowest BCUT2D eigenvalue weighted by Crippen LogP contribution is -2.50. The second-order valence-electron chi connectivity index (χ2n) is 6.87. The van der Waals surface area contributed by atoms with E-state index in [9.17, 15) is 9.59 Å². The van der Waals surface area contributed by atoms with Crippen molar-refractivity contribution in [2.75, 3.05) is 6.61 Å². The number of rotatable bonds is 8. The Morgan fingerprint density at radius 1 is 1.29 bits per heavy atom. The molecule has 2 N–H and O–H groups in total. The number of hydroxylamine groups is 1. The summed E-state index contributed by atoms with van der Waals surface area (Å²) in [6.07, 6.45) is 2.42. The first-order valence-electron chi connectivity index (χ1n) is 8.12. The number of alkyl carbamates (subject to hydrolysis) is 1. The van der Waals surface area contributed by atoms with Gasteiger partial charge in [0.2, 0.25) is 0 Å². The van der Waals surface area contributed by atoms with Gasteiger partial charge in [-0.25, -0.2) is 10.3 Å². The first-order chi connectivity index (χ1) is 11.2. The van der Waals surface area contributed by atoms with Gasteiger partial charge in [0.05, 0.1) is 12.9 Å². The van der Waals surface area contributed by atoms with E-state index in [0.29, 0.717) is 13.0 Å². The van der Waals surface area contributed by atoms with Crippen LogP contribution in [-0.2, 0) is 20.8 Å². The zero-order chi connectivity index (χ0) is 18.2. The highest BCUT2D eigenvalue weighted by atomic mass is 16.7. The molecule has 7 nitrogen and oxygen atoms in total.